The summed E-state index contributed by atoms with van der Waals surface area (Å²) < 4.78 is 0. The highest BCUT2D eigenvalue weighted by Crippen LogP contribution is 1.91. The highest BCUT2D eigenvalue weighted by atomic mass is 16.1. The summed E-state index contributed by atoms with van der Waals surface area (Å²) in [5.74, 6) is 0. The Morgan fingerprint density at radius 2 is 1.53 bits per heavy atom. The molecule has 2 heteroatoms. The van der Waals surface area contributed by atoms with Crippen molar-refractivity contribution in [2.75, 3.05) is 13.1 Å². The van der Waals surface area contributed by atoms with Crippen LogP contribution in [0.5, 0.6) is 0 Å². The molecule has 0 aliphatic heterocycles. The normalized spacial score (nSPS) is 9.29. The van der Waals surface area contributed by atoms with E-state index in [1.165, 1.54) is 38.8 Å². The van der Waals surface area contributed by atoms with Crippen molar-refractivity contribution < 1.29 is 4.79 Å². The second-order valence-corrected chi connectivity index (χ2v) is 3.99. The number of aldehydes is 1. The molecular weight excluding hydrogens is 210 g/mol. The van der Waals surface area contributed by atoms with Crippen LogP contribution in [0.3, 0.4) is 0 Å². The zero-order chi connectivity index (χ0) is 12.8. The molecule has 0 aromatic heterocycles. The third kappa shape index (κ3) is 11.1. The van der Waals surface area contributed by atoms with Gasteiger partial charge in [0.25, 0.3) is 0 Å². The molecule has 1 rings (SSSR count). The maximum absolute atomic E-state index is 10.0. The summed E-state index contributed by atoms with van der Waals surface area (Å²) in [6, 6.07) is 9.10. The number of rotatable bonds is 7. The van der Waals surface area contributed by atoms with Gasteiger partial charge in [0.15, 0.2) is 0 Å². The number of nitrogens with one attached hydrogen (secondary N) is 1. The molecule has 2 nitrogen and oxygen atoms in total. The van der Waals surface area contributed by atoms with E-state index >= 15 is 0 Å². The molecule has 0 bridgehead atoms. The first kappa shape index (κ1) is 15.9. The molecule has 0 heterocycles. The third-order valence-corrected chi connectivity index (χ3v) is 2.35. The molecule has 96 valence electrons. The topological polar surface area (TPSA) is 29.1 Å². The van der Waals surface area contributed by atoms with Crippen LogP contribution in [0.25, 0.3) is 0 Å². The van der Waals surface area contributed by atoms with Gasteiger partial charge in [-0.25, -0.2) is 0 Å². The third-order valence-electron chi connectivity index (χ3n) is 2.35. The Labute approximate surface area is 105 Å². The predicted molar refractivity (Wildman–Crippen MR) is 74.5 cm³/mol. The van der Waals surface area contributed by atoms with Gasteiger partial charge in [-0.2, -0.15) is 0 Å². The van der Waals surface area contributed by atoms with E-state index in [1.807, 2.05) is 18.2 Å². The molecule has 0 aliphatic carbocycles. The minimum absolute atomic E-state index is 0.729. The van der Waals surface area contributed by atoms with E-state index in [0.29, 0.717) is 0 Å². The lowest BCUT2D eigenvalue weighted by atomic mass is 10.2. The molecule has 0 fully saturated rings. The smallest absolute Gasteiger partial charge is 0.150 e. The first-order valence-corrected chi connectivity index (χ1v) is 6.56. The van der Waals surface area contributed by atoms with Crippen LogP contribution >= 0.6 is 0 Å². The molecular formula is C15H25NO. The Hall–Kier alpha value is -1.15. The van der Waals surface area contributed by atoms with Gasteiger partial charge >= 0.3 is 0 Å². The number of hydrogen-bond acceptors (Lipinski definition) is 2. The molecule has 1 N–H and O–H groups in total. The Morgan fingerprint density at radius 1 is 1.00 bits per heavy atom. The molecule has 0 saturated carbocycles. The molecule has 17 heavy (non-hydrogen) atoms. The Kier molecular flexibility index (Phi) is 12.0. The van der Waals surface area contributed by atoms with E-state index in [2.05, 4.69) is 19.2 Å². The van der Waals surface area contributed by atoms with Gasteiger partial charge < -0.3 is 5.32 Å². The summed E-state index contributed by atoms with van der Waals surface area (Å²) in [6.07, 6.45) is 6.09. The number of hydrogen-bond donors (Lipinski definition) is 1. The summed E-state index contributed by atoms with van der Waals surface area (Å²) in [5.41, 5.74) is 0.729. The van der Waals surface area contributed by atoms with Crippen molar-refractivity contribution in [2.24, 2.45) is 0 Å². The first-order chi connectivity index (χ1) is 8.35. The number of benzene rings is 1. The van der Waals surface area contributed by atoms with Gasteiger partial charge in [-0.05, 0) is 25.9 Å². The van der Waals surface area contributed by atoms with Crippen LogP contribution in [0, 0.1) is 0 Å². The summed E-state index contributed by atoms with van der Waals surface area (Å²) >= 11 is 0. The van der Waals surface area contributed by atoms with Crippen LogP contribution < -0.4 is 5.32 Å². The van der Waals surface area contributed by atoms with Crippen LogP contribution in [0.2, 0.25) is 0 Å². The van der Waals surface area contributed by atoms with E-state index in [4.69, 9.17) is 0 Å². The average molecular weight is 235 g/mol. The number of carbonyl (C=O) groups is 1. The largest absolute Gasteiger partial charge is 0.317 e. The standard InChI is InChI=1S/C8H19N.C7H6O/c1-3-5-7-9-8-6-4-2;8-6-7-4-2-1-3-5-7/h9H,3-8H2,1-2H3;1-6H. The van der Waals surface area contributed by atoms with Crippen LogP contribution in [-0.4, -0.2) is 19.4 Å². The van der Waals surface area contributed by atoms with E-state index < -0.39 is 0 Å². The summed E-state index contributed by atoms with van der Waals surface area (Å²) in [4.78, 5) is 10.0. The fraction of sp³-hybridized carbons (Fsp3) is 0.533. The molecule has 0 unspecified atom stereocenters. The fourth-order valence-electron chi connectivity index (χ4n) is 1.26. The van der Waals surface area contributed by atoms with E-state index in [0.717, 1.165) is 11.8 Å². The highest BCUT2D eigenvalue weighted by molar-refractivity contribution is 5.74. The second kappa shape index (κ2) is 12.9. The van der Waals surface area contributed by atoms with Crippen LogP contribution in [0.15, 0.2) is 30.3 Å². The lowest BCUT2D eigenvalue weighted by Gasteiger charge is -1.99. The quantitative estimate of drug-likeness (QED) is 0.577. The minimum Gasteiger partial charge on any atom is -0.317 e. The number of carbonyl (C=O) groups excluding carboxylic acids is 1. The van der Waals surface area contributed by atoms with Crippen molar-refractivity contribution in [1.29, 1.82) is 0 Å². The van der Waals surface area contributed by atoms with Crippen LogP contribution in [-0.2, 0) is 0 Å². The van der Waals surface area contributed by atoms with Crippen molar-refractivity contribution in [1.82, 2.24) is 5.32 Å². The van der Waals surface area contributed by atoms with Gasteiger partial charge in [0.2, 0.25) is 0 Å². The van der Waals surface area contributed by atoms with Crippen LogP contribution in [0.4, 0.5) is 0 Å². The van der Waals surface area contributed by atoms with Crippen molar-refractivity contribution in [3.63, 3.8) is 0 Å². The Balaban J connectivity index is 0.000000302. The van der Waals surface area contributed by atoms with Gasteiger partial charge in [0.05, 0.1) is 0 Å². The van der Waals surface area contributed by atoms with Crippen molar-refractivity contribution in [3.05, 3.63) is 35.9 Å². The minimum atomic E-state index is 0.729. The molecule has 0 saturated heterocycles. The second-order valence-electron chi connectivity index (χ2n) is 3.99. The van der Waals surface area contributed by atoms with Gasteiger partial charge in [-0.15, -0.1) is 0 Å². The first-order valence-electron chi connectivity index (χ1n) is 6.56. The van der Waals surface area contributed by atoms with Crippen molar-refractivity contribution in [3.8, 4) is 0 Å². The van der Waals surface area contributed by atoms with Crippen LogP contribution in [0.1, 0.15) is 49.9 Å². The van der Waals surface area contributed by atoms with Crippen molar-refractivity contribution in [2.45, 2.75) is 39.5 Å². The maximum atomic E-state index is 10.0. The van der Waals surface area contributed by atoms with Gasteiger partial charge in [0, 0.05) is 5.56 Å². The van der Waals surface area contributed by atoms with Gasteiger partial charge in [-0.3, -0.25) is 4.79 Å². The van der Waals surface area contributed by atoms with Gasteiger partial charge in [0.1, 0.15) is 6.29 Å². The molecule has 1 aromatic rings. The van der Waals surface area contributed by atoms with E-state index in [1.54, 1.807) is 12.1 Å². The zero-order valence-corrected chi connectivity index (χ0v) is 11.1. The average Bonchev–Trinajstić information content (AvgIpc) is 2.40. The maximum Gasteiger partial charge on any atom is 0.150 e. The molecule has 1 aromatic carbocycles. The molecule has 0 spiro atoms. The Bertz CT molecular complexity index is 253. The number of unbranched alkanes of at least 4 members (excludes halogenated alkanes) is 2. The van der Waals surface area contributed by atoms with Gasteiger partial charge in [-0.1, -0.05) is 57.0 Å². The lowest BCUT2D eigenvalue weighted by molar-refractivity contribution is 0.112. The molecule has 0 amide bonds. The summed E-state index contributed by atoms with van der Waals surface area (Å²) in [6.45, 7) is 6.86. The predicted octanol–water partition coefficient (Wildman–Crippen LogP) is 3.68. The van der Waals surface area contributed by atoms with Crippen molar-refractivity contribution >= 4 is 6.29 Å². The van der Waals surface area contributed by atoms with E-state index in [-0.39, 0.29) is 0 Å². The summed E-state index contributed by atoms with van der Waals surface area (Å²) in [5, 5.41) is 3.39. The van der Waals surface area contributed by atoms with E-state index in [9.17, 15) is 4.79 Å². The summed E-state index contributed by atoms with van der Waals surface area (Å²) in [7, 11) is 0. The lowest BCUT2D eigenvalue weighted by Crippen LogP contribution is -2.15. The monoisotopic (exact) mass is 235 g/mol. The SMILES string of the molecule is CCCCNCCCC.O=Cc1ccccc1. The molecule has 0 aliphatic rings. The fourth-order valence-corrected chi connectivity index (χ4v) is 1.26. The Morgan fingerprint density at radius 3 is 1.88 bits per heavy atom. The highest BCUT2D eigenvalue weighted by Gasteiger charge is 1.83. The zero-order valence-electron chi connectivity index (χ0n) is 11.1. The molecule has 0 atom stereocenters. The molecule has 0 radical (unpaired) electrons.